The van der Waals surface area contributed by atoms with Crippen molar-refractivity contribution in [3.8, 4) is 0 Å². The molecule has 3 aromatic carbocycles. The van der Waals surface area contributed by atoms with Gasteiger partial charge in [-0.2, -0.15) is 0 Å². The first-order chi connectivity index (χ1) is 23.1. The normalized spacial score (nSPS) is 31.2. The highest BCUT2D eigenvalue weighted by atomic mass is 16.5. The van der Waals surface area contributed by atoms with Gasteiger partial charge in [-0.1, -0.05) is 122 Å². The van der Waals surface area contributed by atoms with E-state index in [9.17, 15) is 9.59 Å². The topological polar surface area (TPSA) is 68.4 Å². The molecule has 3 saturated heterocycles. The lowest BCUT2D eigenvalue weighted by molar-refractivity contribution is -0.288. The fourth-order valence-corrected chi connectivity index (χ4v) is 8.49. The second kappa shape index (κ2) is 12.3. The molecule has 47 heavy (non-hydrogen) atoms. The predicted molar refractivity (Wildman–Crippen MR) is 181 cm³/mol. The number of carbonyl (C=O) groups is 2. The summed E-state index contributed by atoms with van der Waals surface area (Å²) in [5.74, 6) is 0.132. The van der Waals surface area contributed by atoms with Crippen molar-refractivity contribution in [2.24, 2.45) is 0 Å². The number of hydrogen-bond donors (Lipinski definition) is 1. The summed E-state index contributed by atoms with van der Waals surface area (Å²) in [6.07, 6.45) is 10.7. The van der Waals surface area contributed by atoms with Crippen molar-refractivity contribution in [2.75, 3.05) is 26.2 Å². The van der Waals surface area contributed by atoms with Gasteiger partial charge in [-0.25, -0.2) is 14.8 Å². The minimum atomic E-state index is -0.552. The van der Waals surface area contributed by atoms with E-state index in [2.05, 4.69) is 90.0 Å². The van der Waals surface area contributed by atoms with Gasteiger partial charge >= 0.3 is 6.03 Å². The summed E-state index contributed by atoms with van der Waals surface area (Å²) in [5, 5.41) is 6.99. The molecule has 4 unspecified atom stereocenters. The summed E-state index contributed by atoms with van der Waals surface area (Å²) in [4.78, 5) is 33.4. The van der Waals surface area contributed by atoms with E-state index in [1.165, 1.54) is 11.1 Å². The van der Waals surface area contributed by atoms with E-state index in [0.29, 0.717) is 19.6 Å². The number of fused-ring (bicyclic) bond motifs is 2. The Morgan fingerprint density at radius 3 is 2.32 bits per heavy atom. The van der Waals surface area contributed by atoms with Crippen molar-refractivity contribution in [1.82, 2.24) is 25.1 Å². The molecule has 240 valence electrons. The van der Waals surface area contributed by atoms with Gasteiger partial charge in [0.05, 0.1) is 12.6 Å². The van der Waals surface area contributed by atoms with E-state index >= 15 is 0 Å². The van der Waals surface area contributed by atoms with Gasteiger partial charge in [0.15, 0.2) is 0 Å². The Bertz CT molecular complexity index is 1710. The highest BCUT2D eigenvalue weighted by molar-refractivity contribution is 5.83. The van der Waals surface area contributed by atoms with Crippen LogP contribution < -0.4 is 5.32 Å². The van der Waals surface area contributed by atoms with Gasteiger partial charge in [0.1, 0.15) is 23.9 Å². The minimum Gasteiger partial charge on any atom is -0.363 e. The van der Waals surface area contributed by atoms with Crippen LogP contribution in [-0.2, 0) is 16.1 Å². The Hall–Kier alpha value is -4.50. The third-order valence-corrected chi connectivity index (χ3v) is 10.5. The summed E-state index contributed by atoms with van der Waals surface area (Å²) >= 11 is 0. The number of ether oxygens (including phenoxy) is 1. The molecule has 8 heteroatoms. The van der Waals surface area contributed by atoms with Gasteiger partial charge in [-0.3, -0.25) is 9.69 Å². The fraction of sp³-hybridized carbons (Fsp3) is 0.333. The van der Waals surface area contributed by atoms with Crippen LogP contribution in [0.15, 0.2) is 127 Å². The SMILES string of the molecule is CCCN1CC(=O)N2[C@@H](c3ccccc3)C34C5C=C(/C=C\C=C/C3O5)C(c3ccccc3)CN4C[C@@H]2N1C(=O)NCc1ccccc1. The Morgan fingerprint density at radius 2 is 1.60 bits per heavy atom. The molecule has 8 nitrogen and oxygen atoms in total. The number of nitrogens with one attached hydrogen (secondary N) is 1. The van der Waals surface area contributed by atoms with Crippen molar-refractivity contribution >= 4 is 11.9 Å². The number of carbonyl (C=O) groups excluding carboxylic acids is 2. The molecule has 4 bridgehead atoms. The number of piperazine rings is 1. The summed E-state index contributed by atoms with van der Waals surface area (Å²) in [5.41, 5.74) is 3.98. The number of allylic oxidation sites excluding steroid dienone is 3. The maximum atomic E-state index is 14.5. The average Bonchev–Trinajstić information content (AvgIpc) is 3.19. The van der Waals surface area contributed by atoms with Crippen LogP contribution in [0.3, 0.4) is 0 Å². The molecule has 3 amide bonds. The summed E-state index contributed by atoms with van der Waals surface area (Å²) in [6, 6.07) is 30.5. The van der Waals surface area contributed by atoms with Crippen LogP contribution in [0.25, 0.3) is 0 Å². The molecular formula is C39H41N5O3. The zero-order valence-corrected chi connectivity index (χ0v) is 26.7. The van der Waals surface area contributed by atoms with Crippen LogP contribution in [0.4, 0.5) is 4.79 Å². The van der Waals surface area contributed by atoms with Crippen LogP contribution >= 0.6 is 0 Å². The maximum absolute atomic E-state index is 14.5. The van der Waals surface area contributed by atoms with Crippen molar-refractivity contribution < 1.29 is 14.3 Å². The van der Waals surface area contributed by atoms with Crippen molar-refractivity contribution in [2.45, 2.75) is 55.8 Å². The molecule has 0 saturated carbocycles. The Labute approximate surface area is 276 Å². The third kappa shape index (κ3) is 4.94. The first-order valence-electron chi connectivity index (χ1n) is 16.8. The highest BCUT2D eigenvalue weighted by Crippen LogP contribution is 2.57. The largest absolute Gasteiger partial charge is 0.363 e. The standard InChI is InChI=1S/C39H41N5O3/c1-2-22-42-27-36(45)43-35(44(42)38(46)40-24-28-14-6-3-7-15-28)26-41-25-32(29-16-8-4-9-17-29)31-20-12-13-21-33-39(41,34(23-31)47-33)37(43)30-18-10-5-11-19-30/h3-21,23,32-35,37H,2,22,24-27H2,1H3,(H,40,46)/b20-12-,21-13-/t32?,33?,34?,35-,37-,39?/m0/s1. The van der Waals surface area contributed by atoms with Crippen molar-refractivity contribution in [3.63, 3.8) is 0 Å². The number of benzene rings is 3. The Kier molecular flexibility index (Phi) is 7.80. The number of nitrogens with zero attached hydrogens (tertiary/aromatic N) is 4. The average molecular weight is 628 g/mol. The lowest BCUT2D eigenvalue weighted by atomic mass is 9.67. The van der Waals surface area contributed by atoms with E-state index in [1.54, 1.807) is 0 Å². The summed E-state index contributed by atoms with van der Waals surface area (Å²) in [7, 11) is 0. The molecule has 5 aliphatic heterocycles. The Morgan fingerprint density at radius 1 is 0.894 bits per heavy atom. The molecule has 1 aliphatic carbocycles. The second-order valence-electron chi connectivity index (χ2n) is 13.1. The first-order valence-corrected chi connectivity index (χ1v) is 16.8. The highest BCUT2D eigenvalue weighted by Gasteiger charge is 2.70. The van der Waals surface area contributed by atoms with Crippen LogP contribution in [0.1, 0.15) is 42.0 Å². The summed E-state index contributed by atoms with van der Waals surface area (Å²) < 4.78 is 6.72. The van der Waals surface area contributed by atoms with Crippen molar-refractivity contribution in [1.29, 1.82) is 0 Å². The van der Waals surface area contributed by atoms with Gasteiger partial charge in [0.2, 0.25) is 5.91 Å². The fourth-order valence-electron chi connectivity index (χ4n) is 8.49. The van der Waals surface area contributed by atoms with E-state index in [-0.39, 0.29) is 42.7 Å². The Balaban J connectivity index is 1.26. The van der Waals surface area contributed by atoms with Gasteiger partial charge in [-0.15, -0.1) is 0 Å². The number of amides is 3. The van der Waals surface area contributed by atoms with Gasteiger partial charge in [-0.05, 0) is 34.8 Å². The van der Waals surface area contributed by atoms with Gasteiger partial charge < -0.3 is 15.0 Å². The molecule has 0 aromatic heterocycles. The first kappa shape index (κ1) is 29.9. The molecule has 6 atom stereocenters. The third-order valence-electron chi connectivity index (χ3n) is 10.5. The molecule has 5 heterocycles. The lowest BCUT2D eigenvalue weighted by Crippen LogP contribution is -2.85. The van der Waals surface area contributed by atoms with Crippen LogP contribution in [0.5, 0.6) is 0 Å². The lowest BCUT2D eigenvalue weighted by Gasteiger charge is -2.69. The van der Waals surface area contributed by atoms with E-state index in [1.807, 2.05) is 63.4 Å². The zero-order valence-electron chi connectivity index (χ0n) is 26.7. The van der Waals surface area contributed by atoms with E-state index in [0.717, 1.165) is 24.1 Å². The van der Waals surface area contributed by atoms with Crippen LogP contribution in [0, 0.1) is 0 Å². The number of hydrogen-bond acceptors (Lipinski definition) is 5. The van der Waals surface area contributed by atoms with Crippen molar-refractivity contribution in [3.05, 3.63) is 144 Å². The number of rotatable bonds is 6. The van der Waals surface area contributed by atoms with E-state index in [4.69, 9.17) is 4.74 Å². The summed E-state index contributed by atoms with van der Waals surface area (Å²) in [6.45, 7) is 4.49. The predicted octanol–water partition coefficient (Wildman–Crippen LogP) is 5.41. The minimum absolute atomic E-state index is 0.0351. The molecular weight excluding hydrogens is 586 g/mol. The maximum Gasteiger partial charge on any atom is 0.334 e. The molecule has 1 spiro atoms. The molecule has 6 aliphatic rings. The number of hydrazine groups is 1. The monoisotopic (exact) mass is 627 g/mol. The zero-order chi connectivity index (χ0) is 32.0. The number of urea groups is 1. The van der Waals surface area contributed by atoms with E-state index < -0.39 is 11.7 Å². The molecule has 3 fully saturated rings. The molecule has 3 aromatic rings. The molecule has 0 radical (unpaired) electrons. The smallest absolute Gasteiger partial charge is 0.334 e. The van der Waals surface area contributed by atoms with Gasteiger partial charge in [0.25, 0.3) is 0 Å². The molecule has 9 rings (SSSR count). The van der Waals surface area contributed by atoms with Gasteiger partial charge in [0, 0.05) is 32.1 Å². The second-order valence-corrected chi connectivity index (χ2v) is 13.1. The molecule has 1 N–H and O–H groups in total. The van der Waals surface area contributed by atoms with Crippen LogP contribution in [-0.4, -0.2) is 81.8 Å². The van der Waals surface area contributed by atoms with Crippen LogP contribution in [0.2, 0.25) is 0 Å². The quantitative estimate of drug-likeness (QED) is 0.396.